The zero-order chi connectivity index (χ0) is 24.7. The van der Waals surface area contributed by atoms with E-state index in [1.54, 1.807) is 30.0 Å². The molecule has 0 amide bonds. The first kappa shape index (κ1) is 24.0. The Hall–Kier alpha value is -2.67. The molecule has 180 valence electrons. The van der Waals surface area contributed by atoms with E-state index in [0.29, 0.717) is 15.8 Å². The Labute approximate surface area is 218 Å². The average molecular weight is 529 g/mol. The minimum atomic E-state index is -0.442. The molecule has 1 atom stereocenters. The normalized spacial score (nSPS) is 15.0. The van der Waals surface area contributed by atoms with Crippen molar-refractivity contribution in [2.45, 2.75) is 43.4 Å². The van der Waals surface area contributed by atoms with E-state index >= 15 is 0 Å². The molecule has 5 rings (SSSR count). The van der Waals surface area contributed by atoms with Crippen molar-refractivity contribution in [1.82, 2.24) is 9.55 Å². The van der Waals surface area contributed by atoms with Crippen LogP contribution in [-0.2, 0) is 11.2 Å². The quantitative estimate of drug-likeness (QED) is 0.237. The van der Waals surface area contributed by atoms with Gasteiger partial charge in [0.15, 0.2) is 16.7 Å². The molecule has 8 heteroatoms. The molecular formula is C27H23Cl2FN2O2S. The molecule has 4 nitrogen and oxygen atoms in total. The van der Waals surface area contributed by atoms with Crippen LogP contribution in [0.4, 0.5) is 4.39 Å². The molecule has 4 aromatic rings. The molecular weight excluding hydrogens is 506 g/mol. The van der Waals surface area contributed by atoms with Crippen molar-refractivity contribution in [3.63, 3.8) is 0 Å². The molecule has 0 aliphatic carbocycles. The predicted octanol–water partition coefficient (Wildman–Crippen LogP) is 8.05. The predicted molar refractivity (Wildman–Crippen MR) is 139 cm³/mol. The van der Waals surface area contributed by atoms with Crippen molar-refractivity contribution < 1.29 is 13.9 Å². The zero-order valence-electron chi connectivity index (χ0n) is 19.4. The molecule has 0 saturated heterocycles. The number of imidazole rings is 1. The van der Waals surface area contributed by atoms with E-state index in [9.17, 15) is 4.39 Å². The highest BCUT2D eigenvalue weighted by atomic mass is 35.5. The summed E-state index contributed by atoms with van der Waals surface area (Å²) in [7, 11) is 0. The first-order valence-corrected chi connectivity index (χ1v) is 12.9. The summed E-state index contributed by atoms with van der Waals surface area (Å²) >= 11 is 14.0. The summed E-state index contributed by atoms with van der Waals surface area (Å²) in [5.74, 6) is 1.78. The smallest absolute Gasteiger partial charge is 0.238 e. The Kier molecular flexibility index (Phi) is 6.47. The summed E-state index contributed by atoms with van der Waals surface area (Å²) in [6, 6.07) is 17.9. The first-order valence-electron chi connectivity index (χ1n) is 11.1. The van der Waals surface area contributed by atoms with Gasteiger partial charge in [0.25, 0.3) is 0 Å². The Balaban J connectivity index is 1.55. The van der Waals surface area contributed by atoms with Gasteiger partial charge in [0.05, 0.1) is 11.9 Å². The van der Waals surface area contributed by atoms with Gasteiger partial charge >= 0.3 is 0 Å². The molecule has 0 saturated carbocycles. The maximum atomic E-state index is 13.8. The second-order valence-electron chi connectivity index (χ2n) is 8.85. The number of benzene rings is 3. The Morgan fingerprint density at radius 3 is 2.49 bits per heavy atom. The highest BCUT2D eigenvalue weighted by Crippen LogP contribution is 2.42. The van der Waals surface area contributed by atoms with Crippen LogP contribution in [0.3, 0.4) is 0 Å². The maximum absolute atomic E-state index is 13.8. The summed E-state index contributed by atoms with van der Waals surface area (Å²) in [6.45, 7) is 6.13. The number of fused-ring (bicyclic) bond motifs is 1. The summed E-state index contributed by atoms with van der Waals surface area (Å²) in [6.07, 6.45) is 1.57. The van der Waals surface area contributed by atoms with Gasteiger partial charge in [-0.3, -0.25) is 4.57 Å². The number of hydrogen-bond donors (Lipinski definition) is 0. The largest absolute Gasteiger partial charge is 0.451 e. The highest BCUT2D eigenvalue weighted by Gasteiger charge is 2.32. The maximum Gasteiger partial charge on any atom is 0.238 e. The van der Waals surface area contributed by atoms with E-state index in [-0.39, 0.29) is 12.1 Å². The summed E-state index contributed by atoms with van der Waals surface area (Å²) in [5, 5.41) is 1.99. The van der Waals surface area contributed by atoms with Crippen molar-refractivity contribution >= 4 is 35.0 Å². The number of ether oxygens (including phenoxy) is 2. The van der Waals surface area contributed by atoms with E-state index < -0.39 is 5.41 Å². The van der Waals surface area contributed by atoms with Crippen LogP contribution in [-0.4, -0.2) is 15.8 Å². The lowest BCUT2D eigenvalue weighted by atomic mass is 9.81. The monoisotopic (exact) mass is 528 g/mol. The number of halogens is 3. The van der Waals surface area contributed by atoms with E-state index in [2.05, 4.69) is 18.4 Å². The fourth-order valence-electron chi connectivity index (χ4n) is 4.11. The number of hydrogen-bond acceptors (Lipinski definition) is 4. The average Bonchev–Trinajstić information content (AvgIpc) is 3.41. The van der Waals surface area contributed by atoms with Gasteiger partial charge in [0.1, 0.15) is 5.82 Å². The van der Waals surface area contributed by atoms with Crippen LogP contribution in [0.1, 0.15) is 37.6 Å². The number of rotatable bonds is 6. The van der Waals surface area contributed by atoms with Gasteiger partial charge in [-0.2, -0.15) is 0 Å². The SMILES string of the molecule is CC1Oc2ccc(C(C)(C)c3cnc(SCc4ccc(Cl)cc4Cl)n3-c3ccc(F)cc3)cc2O1. The zero-order valence-corrected chi connectivity index (χ0v) is 21.7. The second-order valence-corrected chi connectivity index (χ2v) is 10.6. The molecule has 35 heavy (non-hydrogen) atoms. The van der Waals surface area contributed by atoms with Crippen molar-refractivity contribution in [3.05, 3.63) is 99.5 Å². The van der Waals surface area contributed by atoms with Crippen molar-refractivity contribution in [1.29, 1.82) is 0 Å². The van der Waals surface area contributed by atoms with Gasteiger partial charge in [-0.25, -0.2) is 9.37 Å². The highest BCUT2D eigenvalue weighted by molar-refractivity contribution is 7.98. The van der Waals surface area contributed by atoms with Gasteiger partial charge < -0.3 is 9.47 Å². The van der Waals surface area contributed by atoms with Gasteiger partial charge in [-0.05, 0) is 59.7 Å². The van der Waals surface area contributed by atoms with E-state index in [4.69, 9.17) is 37.7 Å². The van der Waals surface area contributed by atoms with Gasteiger partial charge in [-0.15, -0.1) is 0 Å². The Morgan fingerprint density at radius 2 is 1.74 bits per heavy atom. The van der Waals surface area contributed by atoms with Crippen molar-refractivity contribution in [3.8, 4) is 17.2 Å². The van der Waals surface area contributed by atoms with Crippen LogP contribution in [0, 0.1) is 5.82 Å². The molecule has 2 heterocycles. The topological polar surface area (TPSA) is 36.3 Å². The molecule has 3 aromatic carbocycles. The van der Waals surface area contributed by atoms with E-state index in [1.165, 1.54) is 12.1 Å². The standard InChI is InChI=1S/C27H23Cl2FN2O2S/c1-16-33-23-11-5-18(12-24(23)34-16)27(2,3)25-14-31-26(32(25)21-9-7-20(30)8-10-21)35-15-17-4-6-19(28)13-22(17)29/h4-14,16H,15H2,1-3H3. The minimum absolute atomic E-state index is 0.290. The van der Waals surface area contributed by atoms with Crippen LogP contribution in [0.25, 0.3) is 5.69 Å². The lowest BCUT2D eigenvalue weighted by Crippen LogP contribution is -2.23. The lowest BCUT2D eigenvalue weighted by Gasteiger charge is -2.27. The molecule has 0 spiro atoms. The minimum Gasteiger partial charge on any atom is -0.451 e. The fraction of sp³-hybridized carbons (Fsp3) is 0.222. The molecule has 0 N–H and O–H groups in total. The van der Waals surface area contributed by atoms with Crippen LogP contribution in [0.5, 0.6) is 11.5 Å². The molecule has 1 unspecified atom stereocenters. The third-order valence-electron chi connectivity index (χ3n) is 6.08. The summed E-state index contributed by atoms with van der Waals surface area (Å²) in [4.78, 5) is 4.76. The van der Waals surface area contributed by atoms with Crippen LogP contribution in [0.2, 0.25) is 10.0 Å². The van der Waals surface area contributed by atoms with Crippen molar-refractivity contribution in [2.75, 3.05) is 0 Å². The molecule has 0 radical (unpaired) electrons. The van der Waals surface area contributed by atoms with Gasteiger partial charge in [-0.1, -0.05) is 60.9 Å². The molecule has 1 aliphatic heterocycles. The van der Waals surface area contributed by atoms with Crippen LogP contribution >= 0.6 is 35.0 Å². The third-order valence-corrected chi connectivity index (χ3v) is 7.67. The van der Waals surface area contributed by atoms with E-state index in [0.717, 1.165) is 39.2 Å². The van der Waals surface area contributed by atoms with Gasteiger partial charge in [0.2, 0.25) is 6.29 Å². The Bertz CT molecular complexity index is 1390. The third kappa shape index (κ3) is 4.75. The number of thioether (sulfide) groups is 1. The Morgan fingerprint density at radius 1 is 1.00 bits per heavy atom. The summed E-state index contributed by atoms with van der Waals surface area (Å²) in [5.41, 5.74) is 3.35. The van der Waals surface area contributed by atoms with Crippen LogP contribution < -0.4 is 9.47 Å². The molecule has 0 bridgehead atoms. The molecule has 0 fully saturated rings. The molecule has 1 aliphatic rings. The van der Waals surface area contributed by atoms with E-state index in [1.807, 2.05) is 43.5 Å². The lowest BCUT2D eigenvalue weighted by molar-refractivity contribution is 0.0678. The van der Waals surface area contributed by atoms with Gasteiger partial charge in [0, 0.05) is 33.8 Å². The number of nitrogens with zero attached hydrogens (tertiary/aromatic N) is 2. The summed E-state index contributed by atoms with van der Waals surface area (Å²) < 4.78 is 27.3. The second kappa shape index (κ2) is 9.41. The fourth-order valence-corrected chi connectivity index (χ4v) is 5.67. The van der Waals surface area contributed by atoms with Crippen molar-refractivity contribution in [2.24, 2.45) is 0 Å². The van der Waals surface area contributed by atoms with Crippen LogP contribution in [0.15, 0.2) is 72.0 Å². The first-order chi connectivity index (χ1) is 16.7. The number of aromatic nitrogens is 2. The molecule has 1 aromatic heterocycles.